The van der Waals surface area contributed by atoms with Gasteiger partial charge in [0.2, 0.25) is 17.7 Å². The maximum Gasteiger partial charge on any atom is 0.338 e. The maximum absolute atomic E-state index is 13.6. The van der Waals surface area contributed by atoms with Crippen LogP contribution in [0, 0.1) is 5.92 Å². The fourth-order valence-corrected chi connectivity index (χ4v) is 7.89. The Morgan fingerprint density at radius 2 is 1.68 bits per heavy atom. The molecule has 3 aromatic rings. The van der Waals surface area contributed by atoms with Crippen molar-refractivity contribution in [2.24, 2.45) is 5.92 Å². The summed E-state index contributed by atoms with van der Waals surface area (Å²) in [5.41, 5.74) is 0.482. The summed E-state index contributed by atoms with van der Waals surface area (Å²) in [6.07, 6.45) is 0. The van der Waals surface area contributed by atoms with Crippen LogP contribution in [0.4, 0.5) is 11.4 Å². The number of esters is 1. The summed E-state index contributed by atoms with van der Waals surface area (Å²) in [7, 11) is 0. The van der Waals surface area contributed by atoms with Gasteiger partial charge in [-0.2, -0.15) is 0 Å². The van der Waals surface area contributed by atoms with Gasteiger partial charge in [-0.3, -0.25) is 23.7 Å². The highest BCUT2D eigenvalue weighted by atomic mass is 32.2. The Morgan fingerprint density at radius 1 is 1.00 bits per heavy atom. The first-order chi connectivity index (χ1) is 18.1. The number of imide groups is 1. The number of nitrogens with one attached hydrogen (secondary N) is 1. The predicted molar refractivity (Wildman–Crippen MR) is 145 cm³/mol. The van der Waals surface area contributed by atoms with Crippen LogP contribution in [0.5, 0.6) is 0 Å². The number of fused-ring (bicyclic) bond motifs is 2. The van der Waals surface area contributed by atoms with Gasteiger partial charge >= 0.3 is 10.8 Å². The van der Waals surface area contributed by atoms with Gasteiger partial charge in [-0.15, -0.1) is 0 Å². The van der Waals surface area contributed by atoms with Gasteiger partial charge in [0, 0.05) is 16.0 Å². The molecular formula is C27H25N3O6S2. The van der Waals surface area contributed by atoms with Crippen molar-refractivity contribution in [3.05, 3.63) is 74.7 Å². The van der Waals surface area contributed by atoms with E-state index in [4.69, 9.17) is 4.74 Å². The number of ether oxygens (including phenoxy) is 1. The van der Waals surface area contributed by atoms with Gasteiger partial charge in [-0.25, -0.2) is 9.69 Å². The van der Waals surface area contributed by atoms with Crippen LogP contribution in [0.2, 0.25) is 0 Å². The lowest BCUT2D eigenvalue weighted by Gasteiger charge is -2.36. The second kappa shape index (κ2) is 9.88. The minimum absolute atomic E-state index is 0.207. The molecule has 196 valence electrons. The third-order valence-corrected chi connectivity index (χ3v) is 9.52. The van der Waals surface area contributed by atoms with E-state index in [-0.39, 0.29) is 29.8 Å². The minimum Gasteiger partial charge on any atom is -0.462 e. The molecule has 5 rings (SSSR count). The first-order valence-corrected chi connectivity index (χ1v) is 13.7. The highest BCUT2D eigenvalue weighted by Crippen LogP contribution is 2.54. The molecule has 2 unspecified atom stereocenters. The van der Waals surface area contributed by atoms with E-state index in [0.717, 1.165) is 28.0 Å². The molecule has 2 aliphatic heterocycles. The van der Waals surface area contributed by atoms with Crippen molar-refractivity contribution in [1.29, 1.82) is 0 Å². The molecule has 11 heteroatoms. The van der Waals surface area contributed by atoms with Crippen LogP contribution in [0.1, 0.15) is 36.0 Å². The molecule has 38 heavy (non-hydrogen) atoms. The van der Waals surface area contributed by atoms with Gasteiger partial charge < -0.3 is 10.1 Å². The topological polar surface area (TPSA) is 115 Å². The number of thioether (sulfide) groups is 1. The number of hydrogen-bond acceptors (Lipinski definition) is 8. The first kappa shape index (κ1) is 25.9. The fourth-order valence-electron chi connectivity index (χ4n) is 4.85. The number of thiazole rings is 1. The molecule has 0 aliphatic carbocycles. The zero-order valence-electron chi connectivity index (χ0n) is 20.9. The Labute approximate surface area is 226 Å². The van der Waals surface area contributed by atoms with Crippen molar-refractivity contribution in [1.82, 2.24) is 4.57 Å². The van der Waals surface area contributed by atoms with Gasteiger partial charge in [-0.05, 0) is 43.3 Å². The van der Waals surface area contributed by atoms with Gasteiger partial charge in [0.1, 0.15) is 11.8 Å². The number of aromatic nitrogens is 1. The molecule has 3 amide bonds. The number of hydrogen-bond donors (Lipinski definition) is 1. The highest BCUT2D eigenvalue weighted by Gasteiger charge is 2.59. The lowest BCUT2D eigenvalue weighted by molar-refractivity contribution is -0.123. The molecule has 3 heterocycles. The molecule has 2 atom stereocenters. The van der Waals surface area contributed by atoms with Crippen LogP contribution >= 0.6 is 23.1 Å². The first-order valence-electron chi connectivity index (χ1n) is 12.0. The fraction of sp³-hybridized carbons (Fsp3) is 0.296. The van der Waals surface area contributed by atoms with Crippen LogP contribution in [-0.4, -0.2) is 40.1 Å². The van der Waals surface area contributed by atoms with E-state index >= 15 is 0 Å². The Kier molecular flexibility index (Phi) is 6.74. The summed E-state index contributed by atoms with van der Waals surface area (Å²) in [5.74, 6) is -2.30. The molecule has 1 N–H and O–H groups in total. The third-order valence-electron chi connectivity index (χ3n) is 6.70. The average molecular weight is 552 g/mol. The molecular weight excluding hydrogens is 526 g/mol. The lowest BCUT2D eigenvalue weighted by atomic mass is 9.76. The largest absolute Gasteiger partial charge is 0.462 e. The summed E-state index contributed by atoms with van der Waals surface area (Å²) in [4.78, 5) is 66.4. The lowest BCUT2D eigenvalue weighted by Crippen LogP contribution is -2.41. The Bertz CT molecular complexity index is 1490. The molecule has 2 aliphatic rings. The normalized spacial score (nSPS) is 19.6. The molecule has 2 aromatic carbocycles. The monoisotopic (exact) mass is 551 g/mol. The Balaban J connectivity index is 1.43. The van der Waals surface area contributed by atoms with Crippen molar-refractivity contribution in [2.75, 3.05) is 16.8 Å². The number of rotatable bonds is 6. The zero-order chi connectivity index (χ0) is 27.2. The van der Waals surface area contributed by atoms with E-state index < -0.39 is 28.5 Å². The summed E-state index contributed by atoms with van der Waals surface area (Å²) in [6.45, 7) is 5.45. The van der Waals surface area contributed by atoms with Gasteiger partial charge in [-0.1, -0.05) is 55.1 Å². The number of benzene rings is 2. The van der Waals surface area contributed by atoms with E-state index in [2.05, 4.69) is 5.32 Å². The van der Waals surface area contributed by atoms with E-state index in [1.807, 2.05) is 19.9 Å². The number of anilines is 2. The van der Waals surface area contributed by atoms with Crippen molar-refractivity contribution < 1.29 is 23.9 Å². The predicted octanol–water partition coefficient (Wildman–Crippen LogP) is 3.67. The van der Waals surface area contributed by atoms with Gasteiger partial charge in [0.25, 0.3) is 0 Å². The minimum atomic E-state index is -0.817. The third kappa shape index (κ3) is 4.35. The van der Waals surface area contributed by atoms with Crippen LogP contribution in [0.3, 0.4) is 0 Å². The summed E-state index contributed by atoms with van der Waals surface area (Å²) in [5, 5.41) is 2.56. The Morgan fingerprint density at radius 3 is 2.34 bits per heavy atom. The van der Waals surface area contributed by atoms with Crippen LogP contribution < -0.4 is 15.1 Å². The van der Waals surface area contributed by atoms with Crippen molar-refractivity contribution >= 4 is 58.2 Å². The van der Waals surface area contributed by atoms with Crippen LogP contribution in [0.15, 0.2) is 64.4 Å². The van der Waals surface area contributed by atoms with E-state index in [1.54, 1.807) is 43.3 Å². The molecule has 1 aromatic heterocycles. The second-order valence-electron chi connectivity index (χ2n) is 9.52. The number of carbonyl (C=O) groups is 4. The molecule has 0 saturated carbocycles. The molecule has 0 radical (unpaired) electrons. The zero-order valence-corrected chi connectivity index (χ0v) is 22.6. The number of amides is 3. The molecule has 9 nitrogen and oxygen atoms in total. The highest BCUT2D eigenvalue weighted by molar-refractivity contribution is 8.00. The molecule has 1 fully saturated rings. The van der Waals surface area contributed by atoms with Gasteiger partial charge in [0.05, 0.1) is 28.8 Å². The Hall–Kier alpha value is -3.70. The van der Waals surface area contributed by atoms with Crippen molar-refractivity contribution in [3.63, 3.8) is 0 Å². The summed E-state index contributed by atoms with van der Waals surface area (Å²) >= 11 is 2.16. The summed E-state index contributed by atoms with van der Waals surface area (Å²) in [6, 6.07) is 15.1. The smallest absolute Gasteiger partial charge is 0.338 e. The molecule has 1 saturated heterocycles. The standard InChI is InChI=1S/C27H25N3O6S2/c1-4-36-25(34)15-10-12-17(13-11-15)30-22(32)19-20(23(30)33)37-24-21(27(19,2)3)38-26(35)29(24)14-18(31)28-16-8-6-5-7-9-16/h5-13,19-20H,4,14H2,1-3H3,(H,28,31). The van der Waals surface area contributed by atoms with E-state index in [9.17, 15) is 24.0 Å². The number of para-hydroxylation sites is 1. The SMILES string of the molecule is CCOC(=O)c1ccc(N2C(=O)C3Sc4c(sc(=O)n4CC(=O)Nc4ccccc4)C(C)(C)C3C2=O)cc1. The summed E-state index contributed by atoms with van der Waals surface area (Å²) < 4.78 is 6.39. The number of nitrogens with zero attached hydrogens (tertiary/aromatic N) is 2. The second-order valence-corrected chi connectivity index (χ2v) is 11.6. The molecule has 0 spiro atoms. The van der Waals surface area contributed by atoms with Crippen LogP contribution in [0.25, 0.3) is 0 Å². The van der Waals surface area contributed by atoms with E-state index in [0.29, 0.717) is 26.8 Å². The number of carbonyl (C=O) groups excluding carboxylic acids is 4. The molecule has 0 bridgehead atoms. The van der Waals surface area contributed by atoms with Crippen molar-refractivity contribution in [2.45, 2.75) is 43.0 Å². The van der Waals surface area contributed by atoms with Crippen molar-refractivity contribution in [3.8, 4) is 0 Å². The van der Waals surface area contributed by atoms with E-state index in [1.165, 1.54) is 16.7 Å². The van der Waals surface area contributed by atoms with Crippen LogP contribution in [-0.2, 0) is 31.1 Å². The van der Waals surface area contributed by atoms with Gasteiger partial charge in [0.15, 0.2) is 0 Å². The average Bonchev–Trinajstić information content (AvgIpc) is 3.34. The quantitative estimate of drug-likeness (QED) is 0.367. The maximum atomic E-state index is 13.6.